The second kappa shape index (κ2) is 16.7. The van der Waals surface area contributed by atoms with Crippen molar-refractivity contribution in [1.29, 1.82) is 0 Å². The van der Waals surface area contributed by atoms with E-state index in [9.17, 15) is 19.5 Å². The summed E-state index contributed by atoms with van der Waals surface area (Å²) in [5.41, 5.74) is 1.30. The van der Waals surface area contributed by atoms with Crippen molar-refractivity contribution in [3.05, 3.63) is 41.2 Å². The van der Waals surface area contributed by atoms with Gasteiger partial charge in [-0.2, -0.15) is 0 Å². The van der Waals surface area contributed by atoms with Crippen LogP contribution >= 0.6 is 0 Å². The number of nitrogens with zero attached hydrogens (tertiary/aromatic N) is 6. The third-order valence-electron chi connectivity index (χ3n) is 10.1. The number of aromatic nitrogens is 3. The molecule has 2 fully saturated rings. The molecule has 0 bridgehead atoms. The van der Waals surface area contributed by atoms with Gasteiger partial charge in [0.1, 0.15) is 23.3 Å². The molecule has 0 unspecified atom stereocenters. The highest BCUT2D eigenvalue weighted by Crippen LogP contribution is 2.30. The number of aliphatic hydroxyl groups is 1. The van der Waals surface area contributed by atoms with E-state index in [1.165, 1.54) is 6.07 Å². The van der Waals surface area contributed by atoms with Gasteiger partial charge in [0.25, 0.3) is 0 Å². The molecule has 0 aliphatic carbocycles. The number of aliphatic hydroxyl groups excluding tert-OH is 1. The van der Waals surface area contributed by atoms with Crippen LogP contribution in [0.2, 0.25) is 0 Å². The zero-order valence-corrected chi connectivity index (χ0v) is 31.6. The summed E-state index contributed by atoms with van der Waals surface area (Å²) in [6, 6.07) is 3.11. The number of benzene rings is 1. The summed E-state index contributed by atoms with van der Waals surface area (Å²) in [6.45, 7) is 14.9. The van der Waals surface area contributed by atoms with Gasteiger partial charge in [-0.1, -0.05) is 31.2 Å². The number of ether oxygens (including phenoxy) is 3. The fourth-order valence-corrected chi connectivity index (χ4v) is 6.97. The summed E-state index contributed by atoms with van der Waals surface area (Å²) < 4.78 is 34.7. The molecule has 52 heavy (non-hydrogen) atoms. The van der Waals surface area contributed by atoms with Crippen molar-refractivity contribution in [2.45, 2.75) is 104 Å². The average Bonchev–Trinajstić information content (AvgIpc) is 3.51. The lowest BCUT2D eigenvalue weighted by Crippen LogP contribution is -2.48. The third-order valence-corrected chi connectivity index (χ3v) is 10.1. The van der Waals surface area contributed by atoms with E-state index in [4.69, 9.17) is 14.2 Å². The number of carbonyl (C=O) groups is 3. The molecule has 0 spiro atoms. The lowest BCUT2D eigenvalue weighted by atomic mass is 9.91. The van der Waals surface area contributed by atoms with E-state index in [1.807, 2.05) is 66.8 Å². The second-order valence-corrected chi connectivity index (χ2v) is 15.7. The topological polar surface area (TPSA) is 140 Å². The number of fused-ring (bicyclic) bond motifs is 1. The number of cyclic esters (lactones) is 1. The van der Waals surface area contributed by atoms with Crippen LogP contribution in [0.25, 0.3) is 17.1 Å². The second-order valence-electron chi connectivity index (χ2n) is 15.7. The maximum Gasteiger partial charge on any atom is 0.410 e. The van der Waals surface area contributed by atoms with E-state index < -0.39 is 35.7 Å². The number of rotatable bonds is 4. The van der Waals surface area contributed by atoms with Gasteiger partial charge in [-0.25, -0.2) is 18.7 Å². The van der Waals surface area contributed by atoms with Crippen LogP contribution in [-0.4, -0.2) is 123 Å². The summed E-state index contributed by atoms with van der Waals surface area (Å²) in [5, 5.41) is 19.1. The van der Waals surface area contributed by atoms with E-state index in [1.54, 1.807) is 20.6 Å². The molecule has 3 aliphatic heterocycles. The predicted octanol–water partition coefficient (Wildman–Crippen LogP) is 5.58. The van der Waals surface area contributed by atoms with Gasteiger partial charge in [-0.05, 0) is 95.7 Å². The van der Waals surface area contributed by atoms with Crippen molar-refractivity contribution < 1.29 is 38.1 Å². The van der Waals surface area contributed by atoms with Crippen molar-refractivity contribution in [1.82, 2.24) is 29.7 Å². The van der Waals surface area contributed by atoms with Crippen LogP contribution in [0.15, 0.2) is 29.9 Å². The van der Waals surface area contributed by atoms with Gasteiger partial charge in [0.15, 0.2) is 5.82 Å². The van der Waals surface area contributed by atoms with Crippen LogP contribution in [0.5, 0.6) is 0 Å². The Hall–Kier alpha value is -4.04. The molecule has 2 aromatic rings. The molecule has 0 radical (unpaired) electrons. The first-order chi connectivity index (χ1) is 24.6. The number of likely N-dealkylation sites (tertiary alicyclic amines) is 1. The Morgan fingerprint density at radius 3 is 2.33 bits per heavy atom. The Balaban J connectivity index is 1.36. The van der Waals surface area contributed by atoms with E-state index >= 15 is 4.39 Å². The van der Waals surface area contributed by atoms with Crippen LogP contribution in [0, 0.1) is 17.7 Å². The van der Waals surface area contributed by atoms with E-state index in [-0.39, 0.29) is 42.0 Å². The summed E-state index contributed by atoms with van der Waals surface area (Å²) in [6.07, 6.45) is 4.58. The van der Waals surface area contributed by atoms with Gasteiger partial charge in [0.2, 0.25) is 0 Å². The van der Waals surface area contributed by atoms with E-state index in [0.29, 0.717) is 68.5 Å². The maximum atomic E-state index is 15.5. The van der Waals surface area contributed by atoms with E-state index in [2.05, 4.69) is 15.2 Å². The van der Waals surface area contributed by atoms with Crippen LogP contribution in [0.1, 0.15) is 85.3 Å². The highest BCUT2D eigenvalue weighted by Gasteiger charge is 2.31. The van der Waals surface area contributed by atoms with Gasteiger partial charge in [-0.3, -0.25) is 4.79 Å². The van der Waals surface area contributed by atoms with Crippen molar-refractivity contribution in [3.8, 4) is 0 Å². The molecule has 286 valence electrons. The molecule has 1 N–H and O–H groups in total. The first kappa shape index (κ1) is 39.2. The van der Waals surface area contributed by atoms with Gasteiger partial charge in [-0.15, -0.1) is 5.10 Å². The van der Waals surface area contributed by atoms with Crippen molar-refractivity contribution in [3.63, 3.8) is 0 Å². The zero-order chi connectivity index (χ0) is 37.7. The minimum atomic E-state index is -0.909. The van der Waals surface area contributed by atoms with Gasteiger partial charge in [0.05, 0.1) is 24.1 Å². The number of amides is 2. The molecule has 3 aliphatic rings. The lowest BCUT2D eigenvalue weighted by molar-refractivity contribution is -0.151. The quantitative estimate of drug-likeness (QED) is 0.241. The van der Waals surface area contributed by atoms with Crippen LogP contribution in [0.3, 0.4) is 0 Å². The third kappa shape index (κ3) is 10.1. The predicted molar refractivity (Wildman–Crippen MR) is 194 cm³/mol. The Bertz CT molecular complexity index is 1640. The lowest BCUT2D eigenvalue weighted by Gasteiger charge is -2.33. The van der Waals surface area contributed by atoms with E-state index in [0.717, 1.165) is 13.1 Å². The molecule has 4 heterocycles. The number of hydrogen-bond donors (Lipinski definition) is 1. The first-order valence-electron chi connectivity index (χ1n) is 18.5. The highest BCUT2D eigenvalue weighted by molar-refractivity contribution is 5.79. The molecular formula is C38H55FN6O7. The van der Waals surface area contributed by atoms with Gasteiger partial charge >= 0.3 is 18.2 Å². The highest BCUT2D eigenvalue weighted by atomic mass is 19.1. The summed E-state index contributed by atoms with van der Waals surface area (Å²) in [5.74, 6) is -1.50. The number of carbonyl (C=O) groups excluding carboxylic acids is 3. The minimum Gasteiger partial charge on any atom is -0.457 e. The summed E-state index contributed by atoms with van der Waals surface area (Å²) in [4.78, 5) is 44.3. The van der Waals surface area contributed by atoms with Gasteiger partial charge < -0.3 is 34.0 Å². The molecular weight excluding hydrogens is 671 g/mol. The number of halogens is 1. The number of piperazine rings is 1. The van der Waals surface area contributed by atoms with Crippen molar-refractivity contribution >= 4 is 35.3 Å². The Morgan fingerprint density at radius 1 is 0.981 bits per heavy atom. The Morgan fingerprint density at radius 2 is 1.65 bits per heavy atom. The molecule has 5 atom stereocenters. The molecule has 2 amide bonds. The normalized spacial score (nSPS) is 27.1. The first-order valence-corrected chi connectivity index (χ1v) is 18.5. The molecule has 0 saturated carbocycles. The smallest absolute Gasteiger partial charge is 0.410 e. The summed E-state index contributed by atoms with van der Waals surface area (Å²) in [7, 11) is 2.02. The fourth-order valence-electron chi connectivity index (χ4n) is 6.97. The average molecular weight is 727 g/mol. The zero-order valence-electron chi connectivity index (χ0n) is 31.6. The largest absolute Gasteiger partial charge is 0.457 e. The molecule has 2 saturated heterocycles. The number of esters is 1. The van der Waals surface area contributed by atoms with Crippen LogP contribution in [-0.2, 0) is 19.0 Å². The van der Waals surface area contributed by atoms with Crippen LogP contribution < -0.4 is 0 Å². The van der Waals surface area contributed by atoms with Crippen molar-refractivity contribution in [2.24, 2.45) is 11.8 Å². The number of hydrogen-bond acceptors (Lipinski definition) is 10. The maximum absolute atomic E-state index is 15.5. The minimum absolute atomic E-state index is 0.0899. The SMILES string of the molecule is C/C(=C\c1cc(F)c2nnn(C3CCN(C(=O)OC(C)(C)C)CC3)c2c1)[C@H]1OC(=O)C[C@H](O)CC[C@H](C)[C@@H](OC(=O)N2CCN(C)CC2)/C=C\[C@@H]1C. The molecule has 5 rings (SSSR count). The summed E-state index contributed by atoms with van der Waals surface area (Å²) >= 11 is 0. The van der Waals surface area contributed by atoms with Gasteiger partial charge in [0, 0.05) is 45.2 Å². The monoisotopic (exact) mass is 726 g/mol. The molecule has 13 nitrogen and oxygen atoms in total. The molecule has 1 aromatic heterocycles. The fraction of sp³-hybridized carbons (Fsp3) is 0.658. The Kier molecular flexibility index (Phi) is 12.6. The van der Waals surface area contributed by atoms with Crippen LogP contribution in [0.4, 0.5) is 14.0 Å². The number of likely N-dealkylation sites (N-methyl/N-ethyl adjacent to an activating group) is 1. The Labute approximate surface area is 305 Å². The standard InChI is InChI=1S/C38H55FN6O7/c1-24-8-10-29(46)23-33(47)51-35(25(2)9-11-32(24)50-36(48)44-18-16-42(7)17-19-44)26(3)20-27-21-30(39)34-31(22-27)45(41-40-34)28-12-14-43(15-13-28)37(49)52-38(4,5)6/h9,11,20-22,24-25,28-29,32,35,46H,8,10,12-19,23H2,1-7H3/b11-9-,26-20+/t24-,25-,29+,32-,35-/m0/s1. The molecule has 14 heteroatoms. The van der Waals surface area contributed by atoms with Crippen molar-refractivity contribution in [2.75, 3.05) is 46.3 Å². The number of piperidine rings is 1. The molecule has 1 aromatic carbocycles.